The van der Waals surface area contributed by atoms with E-state index in [4.69, 9.17) is 11.6 Å². The molecule has 2 atom stereocenters. The molecule has 0 unspecified atom stereocenters. The Labute approximate surface area is 213 Å². The summed E-state index contributed by atoms with van der Waals surface area (Å²) in [4.78, 5) is 24.4. The molecule has 2 N–H and O–H groups in total. The van der Waals surface area contributed by atoms with Gasteiger partial charge in [0, 0.05) is 23.6 Å². The van der Waals surface area contributed by atoms with Crippen LogP contribution in [0.15, 0.2) is 48.5 Å². The van der Waals surface area contributed by atoms with Crippen LogP contribution in [0.5, 0.6) is 0 Å². The predicted octanol–water partition coefficient (Wildman–Crippen LogP) is 7.05. The van der Waals surface area contributed by atoms with E-state index in [0.29, 0.717) is 41.4 Å². The smallest absolute Gasteiger partial charge is 0.329 e. The van der Waals surface area contributed by atoms with Gasteiger partial charge in [-0.15, -0.1) is 0 Å². The third-order valence-corrected chi connectivity index (χ3v) is 9.70. The highest BCUT2D eigenvalue weighted by Crippen LogP contribution is 2.56. The zero-order valence-corrected chi connectivity index (χ0v) is 21.3. The van der Waals surface area contributed by atoms with Gasteiger partial charge in [0.05, 0.1) is 0 Å². The summed E-state index contributed by atoms with van der Waals surface area (Å²) in [6.45, 7) is 2.38. The zero-order chi connectivity index (χ0) is 24.6. The number of ketones is 1. The van der Waals surface area contributed by atoms with Gasteiger partial charge in [-0.25, -0.2) is 4.79 Å². The molecular formula is C30H36ClNO3. The first-order chi connectivity index (χ1) is 16.8. The molecule has 0 aliphatic heterocycles. The molecule has 5 rings (SSSR count). The SMILES string of the molecule is C[C@H](C[C@@H]1Cc2ccccc2C12CCC(Nc1cccc(Cl)c1)(C(=O)O)CC2)C1CCC(=O)CC1. The van der Waals surface area contributed by atoms with Crippen molar-refractivity contribution < 1.29 is 14.7 Å². The second kappa shape index (κ2) is 9.61. The van der Waals surface area contributed by atoms with Crippen LogP contribution in [0.1, 0.15) is 75.8 Å². The molecule has 0 saturated heterocycles. The van der Waals surface area contributed by atoms with Crippen molar-refractivity contribution in [3.05, 3.63) is 64.7 Å². The average molecular weight is 494 g/mol. The number of hydrogen-bond donors (Lipinski definition) is 2. The molecule has 0 radical (unpaired) electrons. The largest absolute Gasteiger partial charge is 0.480 e. The van der Waals surface area contributed by atoms with E-state index in [1.807, 2.05) is 12.1 Å². The molecule has 186 valence electrons. The van der Waals surface area contributed by atoms with Crippen molar-refractivity contribution in [1.29, 1.82) is 0 Å². The summed E-state index contributed by atoms with van der Waals surface area (Å²) in [7, 11) is 0. The van der Waals surface area contributed by atoms with Gasteiger partial charge in [-0.1, -0.05) is 48.9 Å². The summed E-state index contributed by atoms with van der Waals surface area (Å²) < 4.78 is 0. The molecule has 3 aliphatic rings. The highest BCUT2D eigenvalue weighted by atomic mass is 35.5. The quantitative estimate of drug-likeness (QED) is 0.452. The van der Waals surface area contributed by atoms with Crippen LogP contribution >= 0.6 is 11.6 Å². The van der Waals surface area contributed by atoms with Gasteiger partial charge in [0.1, 0.15) is 11.3 Å². The van der Waals surface area contributed by atoms with Crippen molar-refractivity contribution in [2.75, 3.05) is 5.32 Å². The standard InChI is InChI=1S/C30H36ClNO3/c1-20(21-9-11-26(33)12-10-21)17-23-18-22-5-2-3-8-27(22)29(23)13-15-30(16-14-29,28(34)35)32-25-7-4-6-24(31)19-25/h2-8,19-21,23,32H,9-18H2,1H3,(H,34,35)/t20-,23-,29?,30?/m1/s1. The number of Topliss-reactive ketones (excluding diaryl/α,β-unsaturated/α-hetero) is 1. The lowest BCUT2D eigenvalue weighted by Crippen LogP contribution is -2.53. The van der Waals surface area contributed by atoms with Gasteiger partial charge in [-0.3, -0.25) is 4.79 Å². The first-order valence-electron chi connectivity index (χ1n) is 13.2. The van der Waals surface area contributed by atoms with Crippen LogP contribution in [0.25, 0.3) is 0 Å². The number of aliphatic carboxylic acids is 1. The fourth-order valence-corrected chi connectivity index (χ4v) is 7.57. The molecule has 35 heavy (non-hydrogen) atoms. The highest BCUT2D eigenvalue weighted by Gasteiger charge is 2.54. The fourth-order valence-electron chi connectivity index (χ4n) is 7.38. The molecule has 0 aromatic heterocycles. The number of carbonyl (C=O) groups is 2. The van der Waals surface area contributed by atoms with E-state index >= 15 is 0 Å². The molecule has 2 aromatic rings. The van der Waals surface area contributed by atoms with Crippen LogP contribution in [0.2, 0.25) is 5.02 Å². The van der Waals surface area contributed by atoms with Crippen LogP contribution in [0, 0.1) is 17.8 Å². The van der Waals surface area contributed by atoms with Gasteiger partial charge in [0.15, 0.2) is 0 Å². The van der Waals surface area contributed by atoms with Crippen LogP contribution in [-0.4, -0.2) is 22.4 Å². The van der Waals surface area contributed by atoms with Crippen molar-refractivity contribution in [3.8, 4) is 0 Å². The second-order valence-corrected chi connectivity index (χ2v) is 11.8. The van der Waals surface area contributed by atoms with Crippen LogP contribution in [0.3, 0.4) is 0 Å². The second-order valence-electron chi connectivity index (χ2n) is 11.3. The normalized spacial score (nSPS) is 29.7. The maximum absolute atomic E-state index is 12.6. The summed E-state index contributed by atoms with van der Waals surface area (Å²) in [6, 6.07) is 16.2. The van der Waals surface area contributed by atoms with Crippen molar-refractivity contribution in [1.82, 2.24) is 0 Å². The lowest BCUT2D eigenvalue weighted by molar-refractivity contribution is -0.144. The van der Waals surface area contributed by atoms with Crippen molar-refractivity contribution in [3.63, 3.8) is 0 Å². The highest BCUT2D eigenvalue weighted by molar-refractivity contribution is 6.30. The first kappa shape index (κ1) is 24.4. The summed E-state index contributed by atoms with van der Waals surface area (Å²) in [5.74, 6) is 1.36. The Morgan fingerprint density at radius 2 is 1.80 bits per heavy atom. The number of benzene rings is 2. The van der Waals surface area contributed by atoms with Crippen molar-refractivity contribution in [2.24, 2.45) is 17.8 Å². The number of hydrogen-bond acceptors (Lipinski definition) is 3. The van der Waals surface area contributed by atoms with E-state index in [1.54, 1.807) is 12.1 Å². The number of nitrogens with one attached hydrogen (secondary N) is 1. The fraction of sp³-hybridized carbons (Fsp3) is 0.533. The molecule has 0 amide bonds. The van der Waals surface area contributed by atoms with Crippen molar-refractivity contribution >= 4 is 29.0 Å². The van der Waals surface area contributed by atoms with Gasteiger partial charge in [-0.05, 0) is 104 Å². The monoisotopic (exact) mass is 493 g/mol. The summed E-state index contributed by atoms with van der Waals surface area (Å²) in [6.07, 6.45) is 8.66. The number of carboxylic acid groups (broad SMARTS) is 1. The molecule has 0 heterocycles. The van der Waals surface area contributed by atoms with Crippen LogP contribution in [0.4, 0.5) is 5.69 Å². The van der Waals surface area contributed by atoms with Gasteiger partial charge in [-0.2, -0.15) is 0 Å². The molecular weight excluding hydrogens is 458 g/mol. The van der Waals surface area contributed by atoms with E-state index in [9.17, 15) is 14.7 Å². The minimum atomic E-state index is -0.979. The van der Waals surface area contributed by atoms with Gasteiger partial charge < -0.3 is 10.4 Å². The molecule has 3 aliphatic carbocycles. The maximum atomic E-state index is 12.6. The van der Waals surface area contributed by atoms with Crippen LogP contribution in [-0.2, 0) is 21.4 Å². The number of rotatable bonds is 6. The minimum absolute atomic E-state index is 0.0320. The zero-order valence-electron chi connectivity index (χ0n) is 20.6. The first-order valence-corrected chi connectivity index (χ1v) is 13.6. The third-order valence-electron chi connectivity index (χ3n) is 9.46. The van der Waals surface area contributed by atoms with E-state index in [-0.39, 0.29) is 5.41 Å². The van der Waals surface area contributed by atoms with Crippen molar-refractivity contribution in [2.45, 2.75) is 82.1 Å². The molecule has 0 bridgehead atoms. The number of halogens is 1. The topological polar surface area (TPSA) is 66.4 Å². The Morgan fingerprint density at radius 3 is 2.49 bits per heavy atom. The molecule has 2 aromatic carbocycles. The lowest BCUT2D eigenvalue weighted by atomic mass is 9.59. The van der Waals surface area contributed by atoms with Gasteiger partial charge >= 0.3 is 5.97 Å². The molecule has 1 spiro atoms. The number of anilines is 1. The molecule has 5 heteroatoms. The Kier molecular flexibility index (Phi) is 6.69. The maximum Gasteiger partial charge on any atom is 0.329 e. The van der Waals surface area contributed by atoms with E-state index in [0.717, 1.165) is 57.1 Å². The molecule has 2 fully saturated rings. The Hall–Kier alpha value is -2.33. The average Bonchev–Trinajstić information content (AvgIpc) is 3.13. The minimum Gasteiger partial charge on any atom is -0.480 e. The summed E-state index contributed by atoms with van der Waals surface area (Å²) >= 11 is 6.18. The summed E-state index contributed by atoms with van der Waals surface area (Å²) in [5.41, 5.74) is 2.70. The van der Waals surface area contributed by atoms with Gasteiger partial charge in [0.25, 0.3) is 0 Å². The number of carboxylic acids is 1. The lowest BCUT2D eigenvalue weighted by Gasteiger charge is -2.47. The Bertz CT molecular complexity index is 1090. The predicted molar refractivity (Wildman–Crippen MR) is 140 cm³/mol. The van der Waals surface area contributed by atoms with Gasteiger partial charge in [0.2, 0.25) is 0 Å². The number of fused-ring (bicyclic) bond motifs is 2. The molecule has 2 saturated carbocycles. The Morgan fingerprint density at radius 1 is 1.09 bits per heavy atom. The third kappa shape index (κ3) is 4.62. The van der Waals surface area contributed by atoms with E-state index < -0.39 is 11.5 Å². The molecule has 4 nitrogen and oxygen atoms in total. The number of carbonyl (C=O) groups excluding carboxylic acids is 1. The van der Waals surface area contributed by atoms with Crippen LogP contribution < -0.4 is 5.32 Å². The Balaban J connectivity index is 1.38. The van der Waals surface area contributed by atoms with E-state index in [1.165, 1.54) is 11.1 Å². The van der Waals surface area contributed by atoms with E-state index in [2.05, 4.69) is 36.5 Å². The summed E-state index contributed by atoms with van der Waals surface area (Å²) in [5, 5.41) is 14.3.